The van der Waals surface area contributed by atoms with E-state index in [1.54, 1.807) is 24.3 Å². The van der Waals surface area contributed by atoms with Gasteiger partial charge in [-0.3, -0.25) is 4.79 Å². The van der Waals surface area contributed by atoms with Gasteiger partial charge in [0.1, 0.15) is 5.75 Å². The van der Waals surface area contributed by atoms with E-state index in [1.807, 2.05) is 30.3 Å². The number of amides is 1. The maximum absolute atomic E-state index is 11.8. The first-order valence-electron chi connectivity index (χ1n) is 6.58. The van der Waals surface area contributed by atoms with Crippen LogP contribution in [-0.4, -0.2) is 16.1 Å². The normalized spacial score (nSPS) is 9.90. The second kappa shape index (κ2) is 7.40. The molecule has 0 aliphatic carbocycles. The third kappa shape index (κ3) is 4.89. The predicted molar refractivity (Wildman–Crippen MR) is 87.2 cm³/mol. The Kier molecular flexibility index (Phi) is 5.29. The van der Waals surface area contributed by atoms with Crippen LogP contribution < -0.4 is 10.6 Å². The van der Waals surface area contributed by atoms with E-state index in [0.717, 1.165) is 5.56 Å². The summed E-state index contributed by atoms with van der Waals surface area (Å²) in [6, 6.07) is 16.5. The Labute approximate surface area is 128 Å². The van der Waals surface area contributed by atoms with Crippen LogP contribution in [-0.2, 0) is 11.2 Å². The largest absolute Gasteiger partial charge is 0.506 e. The van der Waals surface area contributed by atoms with Gasteiger partial charge >= 0.3 is 0 Å². The highest BCUT2D eigenvalue weighted by Crippen LogP contribution is 2.21. The summed E-state index contributed by atoms with van der Waals surface area (Å²) >= 11 is 5.05. The first-order valence-corrected chi connectivity index (χ1v) is 6.99. The molecule has 0 saturated carbocycles. The second-order valence-corrected chi connectivity index (χ2v) is 4.91. The fourth-order valence-corrected chi connectivity index (χ4v) is 2.05. The Morgan fingerprint density at radius 2 is 1.71 bits per heavy atom. The Bertz CT molecular complexity index is 629. The number of nitrogens with one attached hydrogen (secondary N) is 2. The van der Waals surface area contributed by atoms with Crippen molar-refractivity contribution in [2.24, 2.45) is 0 Å². The fourth-order valence-electron chi connectivity index (χ4n) is 1.82. The van der Waals surface area contributed by atoms with Crippen LogP contribution in [0, 0.1) is 0 Å². The van der Waals surface area contributed by atoms with Gasteiger partial charge in [0.25, 0.3) is 0 Å². The van der Waals surface area contributed by atoms with E-state index in [-0.39, 0.29) is 16.8 Å². The van der Waals surface area contributed by atoms with Gasteiger partial charge < -0.3 is 15.7 Å². The maximum Gasteiger partial charge on any atom is 0.226 e. The lowest BCUT2D eigenvalue weighted by atomic mass is 10.1. The molecule has 3 N–H and O–H groups in total. The van der Waals surface area contributed by atoms with Gasteiger partial charge in [0.2, 0.25) is 5.91 Å². The number of hydrogen-bond acceptors (Lipinski definition) is 3. The third-order valence-electron chi connectivity index (χ3n) is 2.89. The standard InChI is InChI=1S/C16H16N2O2S/c19-14-9-5-4-8-13(14)17-16(21)18-15(20)11-10-12-6-2-1-3-7-12/h1-9,19H,10-11H2,(H2,17,18,20,21). The molecule has 0 aliphatic heterocycles. The summed E-state index contributed by atoms with van der Waals surface area (Å²) in [6.07, 6.45) is 1.01. The Hall–Kier alpha value is -2.40. The lowest BCUT2D eigenvalue weighted by Crippen LogP contribution is -2.34. The number of rotatable bonds is 4. The average molecular weight is 300 g/mol. The molecule has 108 valence electrons. The van der Waals surface area contributed by atoms with Crippen molar-refractivity contribution in [3.63, 3.8) is 0 Å². The molecule has 0 heterocycles. The van der Waals surface area contributed by atoms with Gasteiger partial charge in [0.05, 0.1) is 5.69 Å². The van der Waals surface area contributed by atoms with Crippen molar-refractivity contribution in [1.82, 2.24) is 5.32 Å². The number of aromatic hydroxyl groups is 1. The SMILES string of the molecule is O=C(CCc1ccccc1)NC(=S)Nc1ccccc1O. The van der Waals surface area contributed by atoms with Crippen molar-refractivity contribution in [3.8, 4) is 5.75 Å². The molecule has 0 atom stereocenters. The molecule has 2 aromatic carbocycles. The number of para-hydroxylation sites is 2. The summed E-state index contributed by atoms with van der Waals surface area (Å²) in [4.78, 5) is 11.8. The first kappa shape index (κ1) is 15.0. The van der Waals surface area contributed by atoms with E-state index in [9.17, 15) is 9.90 Å². The molecule has 2 aromatic rings. The Balaban J connectivity index is 1.80. The molecule has 0 saturated heterocycles. The van der Waals surface area contributed by atoms with Crippen LogP contribution in [0.3, 0.4) is 0 Å². The van der Waals surface area contributed by atoms with E-state index in [1.165, 1.54) is 0 Å². The summed E-state index contributed by atoms with van der Waals surface area (Å²) in [6.45, 7) is 0. The van der Waals surface area contributed by atoms with Crippen molar-refractivity contribution in [1.29, 1.82) is 0 Å². The van der Waals surface area contributed by atoms with E-state index >= 15 is 0 Å². The molecule has 0 bridgehead atoms. The zero-order chi connectivity index (χ0) is 15.1. The van der Waals surface area contributed by atoms with Gasteiger partial charge in [-0.05, 0) is 36.3 Å². The van der Waals surface area contributed by atoms with Gasteiger partial charge in [0, 0.05) is 6.42 Å². The molecule has 4 nitrogen and oxygen atoms in total. The third-order valence-corrected chi connectivity index (χ3v) is 3.09. The number of carbonyl (C=O) groups is 1. The molecular formula is C16H16N2O2S. The summed E-state index contributed by atoms with van der Waals surface area (Å²) in [5.74, 6) is -0.0786. The zero-order valence-electron chi connectivity index (χ0n) is 11.4. The molecule has 21 heavy (non-hydrogen) atoms. The fraction of sp³-hybridized carbons (Fsp3) is 0.125. The summed E-state index contributed by atoms with van der Waals surface area (Å²) in [5, 5.41) is 15.2. The number of aryl methyl sites for hydroxylation is 1. The van der Waals surface area contributed by atoms with Crippen LogP contribution in [0.4, 0.5) is 5.69 Å². The Morgan fingerprint density at radius 1 is 1.05 bits per heavy atom. The molecule has 0 aliphatic rings. The highest BCUT2D eigenvalue weighted by molar-refractivity contribution is 7.80. The minimum Gasteiger partial charge on any atom is -0.506 e. The molecule has 2 rings (SSSR count). The Morgan fingerprint density at radius 3 is 2.43 bits per heavy atom. The lowest BCUT2D eigenvalue weighted by Gasteiger charge is -2.10. The summed E-state index contributed by atoms with van der Waals surface area (Å²) in [5.41, 5.74) is 1.57. The number of phenols is 1. The number of anilines is 1. The molecule has 1 amide bonds. The minimum atomic E-state index is -0.160. The van der Waals surface area contributed by atoms with Gasteiger partial charge in [0.15, 0.2) is 5.11 Å². The van der Waals surface area contributed by atoms with Crippen molar-refractivity contribution < 1.29 is 9.90 Å². The predicted octanol–water partition coefficient (Wildman–Crippen LogP) is 2.84. The number of thiocarbonyl (C=S) groups is 1. The molecule has 0 spiro atoms. The van der Waals surface area contributed by atoms with E-state index in [4.69, 9.17) is 12.2 Å². The topological polar surface area (TPSA) is 61.4 Å². The minimum absolute atomic E-state index is 0.0818. The van der Waals surface area contributed by atoms with Crippen molar-refractivity contribution >= 4 is 28.9 Å². The van der Waals surface area contributed by atoms with Crippen molar-refractivity contribution in [2.45, 2.75) is 12.8 Å². The smallest absolute Gasteiger partial charge is 0.226 e. The van der Waals surface area contributed by atoms with Gasteiger partial charge in [-0.1, -0.05) is 42.5 Å². The molecular weight excluding hydrogens is 284 g/mol. The second-order valence-electron chi connectivity index (χ2n) is 4.51. The van der Waals surface area contributed by atoms with Gasteiger partial charge in [-0.15, -0.1) is 0 Å². The number of hydrogen-bond donors (Lipinski definition) is 3. The highest BCUT2D eigenvalue weighted by atomic mass is 32.1. The lowest BCUT2D eigenvalue weighted by molar-refractivity contribution is -0.119. The van der Waals surface area contributed by atoms with Crippen LogP contribution in [0.15, 0.2) is 54.6 Å². The summed E-state index contributed by atoms with van der Waals surface area (Å²) in [7, 11) is 0. The molecule has 5 heteroatoms. The average Bonchev–Trinajstić information content (AvgIpc) is 2.48. The quantitative estimate of drug-likeness (QED) is 0.600. The number of carbonyl (C=O) groups excluding carboxylic acids is 1. The summed E-state index contributed by atoms with van der Waals surface area (Å²) < 4.78 is 0. The van der Waals surface area contributed by atoms with E-state index < -0.39 is 0 Å². The highest BCUT2D eigenvalue weighted by Gasteiger charge is 2.07. The monoisotopic (exact) mass is 300 g/mol. The zero-order valence-corrected chi connectivity index (χ0v) is 12.2. The first-order chi connectivity index (χ1) is 10.1. The van der Waals surface area contributed by atoms with Gasteiger partial charge in [-0.25, -0.2) is 0 Å². The van der Waals surface area contributed by atoms with E-state index in [0.29, 0.717) is 18.5 Å². The molecule has 0 fully saturated rings. The molecule has 0 aromatic heterocycles. The van der Waals surface area contributed by atoms with Crippen LogP contribution >= 0.6 is 12.2 Å². The van der Waals surface area contributed by atoms with Crippen LogP contribution in [0.2, 0.25) is 0 Å². The van der Waals surface area contributed by atoms with Crippen LogP contribution in [0.5, 0.6) is 5.75 Å². The van der Waals surface area contributed by atoms with Crippen LogP contribution in [0.1, 0.15) is 12.0 Å². The van der Waals surface area contributed by atoms with Gasteiger partial charge in [-0.2, -0.15) is 0 Å². The number of benzene rings is 2. The molecule has 0 unspecified atom stereocenters. The van der Waals surface area contributed by atoms with Crippen LogP contribution in [0.25, 0.3) is 0 Å². The van der Waals surface area contributed by atoms with E-state index in [2.05, 4.69) is 10.6 Å². The van der Waals surface area contributed by atoms with Crippen molar-refractivity contribution in [3.05, 3.63) is 60.2 Å². The maximum atomic E-state index is 11.8. The van der Waals surface area contributed by atoms with Crippen molar-refractivity contribution in [2.75, 3.05) is 5.32 Å². The molecule has 0 radical (unpaired) electrons. The number of phenolic OH excluding ortho intramolecular Hbond substituents is 1.